The lowest BCUT2D eigenvalue weighted by Gasteiger charge is -2.31. The Labute approximate surface area is 205 Å². The molecule has 168 valence electrons. The fourth-order valence-corrected chi connectivity index (χ4v) is 4.39. The highest BCUT2D eigenvalue weighted by molar-refractivity contribution is 14.1. The first-order chi connectivity index (χ1) is 14.5. The molecule has 2 rings (SSSR count). The van der Waals surface area contributed by atoms with Crippen LogP contribution in [0.1, 0.15) is 19.4 Å². The van der Waals surface area contributed by atoms with E-state index < -0.39 is 28.5 Å². The molecule has 0 saturated carbocycles. The lowest BCUT2D eigenvalue weighted by Crippen LogP contribution is -2.51. The Kier molecular flexibility index (Phi) is 9.31. The number of rotatable bonds is 9. The highest BCUT2D eigenvalue weighted by atomic mass is 127. The summed E-state index contributed by atoms with van der Waals surface area (Å²) in [4.78, 5) is 27.2. The number of nitrogens with one attached hydrogen (secondary N) is 1. The zero-order valence-corrected chi connectivity index (χ0v) is 22.1. The van der Waals surface area contributed by atoms with Crippen molar-refractivity contribution in [1.29, 1.82) is 0 Å². The molecule has 0 spiro atoms. The molecule has 1 N–H and O–H groups in total. The van der Waals surface area contributed by atoms with Gasteiger partial charge in [-0.2, -0.15) is 0 Å². The molecule has 2 aromatic rings. The molecule has 1 unspecified atom stereocenters. The SMILES string of the molecule is CCNC(=O)C(C)N(Cc1ccc(Br)cc1)C(=O)CN(c1ccc(I)cc1)S(C)(=O)=O. The van der Waals surface area contributed by atoms with Gasteiger partial charge >= 0.3 is 0 Å². The Morgan fingerprint density at radius 3 is 2.19 bits per heavy atom. The average Bonchev–Trinajstić information content (AvgIpc) is 2.71. The van der Waals surface area contributed by atoms with Gasteiger partial charge in [-0.3, -0.25) is 13.9 Å². The van der Waals surface area contributed by atoms with Crippen LogP contribution in [0.5, 0.6) is 0 Å². The molecule has 0 fully saturated rings. The number of benzene rings is 2. The van der Waals surface area contributed by atoms with E-state index in [0.29, 0.717) is 12.2 Å². The van der Waals surface area contributed by atoms with Crippen LogP contribution in [-0.2, 0) is 26.2 Å². The standard InChI is InChI=1S/C21H25BrIN3O4S/c1-4-24-21(28)15(2)25(13-16-5-7-17(22)8-6-16)20(27)14-26(31(3,29)30)19-11-9-18(23)10-12-19/h5-12,15H,4,13-14H2,1-3H3,(H,24,28). The van der Waals surface area contributed by atoms with Crippen molar-refractivity contribution >= 4 is 66.0 Å². The number of sulfonamides is 1. The first kappa shape index (κ1) is 25.6. The Hall–Kier alpha value is -1.66. The molecule has 2 aromatic carbocycles. The second kappa shape index (κ2) is 11.3. The first-order valence-electron chi connectivity index (χ1n) is 9.57. The Morgan fingerprint density at radius 1 is 1.10 bits per heavy atom. The summed E-state index contributed by atoms with van der Waals surface area (Å²) >= 11 is 5.50. The van der Waals surface area contributed by atoms with E-state index in [1.165, 1.54) is 4.90 Å². The maximum atomic E-state index is 13.3. The van der Waals surface area contributed by atoms with E-state index in [0.717, 1.165) is 24.2 Å². The summed E-state index contributed by atoms with van der Waals surface area (Å²) in [6.45, 7) is 3.64. The molecule has 0 radical (unpaired) electrons. The van der Waals surface area contributed by atoms with Crippen LogP contribution in [0.2, 0.25) is 0 Å². The fourth-order valence-electron chi connectivity index (χ4n) is 2.91. The Balaban J connectivity index is 2.35. The molecule has 0 bridgehead atoms. The second-order valence-corrected chi connectivity index (χ2v) is 11.0. The quantitative estimate of drug-likeness (QED) is 0.435. The summed E-state index contributed by atoms with van der Waals surface area (Å²) in [6, 6.07) is 13.5. The van der Waals surface area contributed by atoms with Gasteiger partial charge in [-0.25, -0.2) is 8.42 Å². The smallest absolute Gasteiger partial charge is 0.244 e. The maximum absolute atomic E-state index is 13.3. The lowest BCUT2D eigenvalue weighted by atomic mass is 10.1. The summed E-state index contributed by atoms with van der Waals surface area (Å²) in [7, 11) is -3.72. The van der Waals surface area contributed by atoms with Crippen molar-refractivity contribution in [3.8, 4) is 0 Å². The number of halogens is 2. The highest BCUT2D eigenvalue weighted by Gasteiger charge is 2.29. The predicted octanol–water partition coefficient (Wildman–Crippen LogP) is 3.37. The van der Waals surface area contributed by atoms with Gasteiger partial charge in [0.25, 0.3) is 0 Å². The van der Waals surface area contributed by atoms with E-state index in [1.54, 1.807) is 38.1 Å². The minimum atomic E-state index is -3.72. The Bertz CT molecular complexity index is 1010. The van der Waals surface area contributed by atoms with Crippen LogP contribution >= 0.6 is 38.5 Å². The van der Waals surface area contributed by atoms with Crippen molar-refractivity contribution < 1.29 is 18.0 Å². The summed E-state index contributed by atoms with van der Waals surface area (Å²) < 4.78 is 27.8. The van der Waals surface area contributed by atoms with Gasteiger partial charge in [0, 0.05) is 21.1 Å². The summed E-state index contributed by atoms with van der Waals surface area (Å²) in [5.41, 5.74) is 1.22. The molecule has 7 nitrogen and oxygen atoms in total. The van der Waals surface area contributed by atoms with E-state index in [2.05, 4.69) is 43.8 Å². The number of likely N-dealkylation sites (N-methyl/N-ethyl adjacent to an activating group) is 1. The third kappa shape index (κ3) is 7.46. The number of carbonyl (C=O) groups excluding carboxylic acids is 2. The minimum absolute atomic E-state index is 0.175. The highest BCUT2D eigenvalue weighted by Crippen LogP contribution is 2.21. The first-order valence-corrected chi connectivity index (χ1v) is 13.3. The van der Waals surface area contributed by atoms with Gasteiger partial charge in [0.1, 0.15) is 12.6 Å². The van der Waals surface area contributed by atoms with Crippen LogP contribution in [-0.4, -0.2) is 50.5 Å². The van der Waals surface area contributed by atoms with Crippen molar-refractivity contribution in [3.63, 3.8) is 0 Å². The molecule has 31 heavy (non-hydrogen) atoms. The van der Waals surface area contributed by atoms with Crippen LogP contribution in [0.25, 0.3) is 0 Å². The van der Waals surface area contributed by atoms with E-state index in [-0.39, 0.29) is 12.5 Å². The van der Waals surface area contributed by atoms with Gasteiger partial charge in [-0.1, -0.05) is 28.1 Å². The third-order valence-electron chi connectivity index (χ3n) is 4.58. The number of nitrogens with zero attached hydrogens (tertiary/aromatic N) is 2. The number of amides is 2. The monoisotopic (exact) mass is 621 g/mol. The van der Waals surface area contributed by atoms with Crippen LogP contribution in [0.4, 0.5) is 5.69 Å². The second-order valence-electron chi connectivity index (χ2n) is 6.96. The Morgan fingerprint density at radius 2 is 1.68 bits per heavy atom. The van der Waals surface area contributed by atoms with Crippen molar-refractivity contribution in [2.45, 2.75) is 26.4 Å². The number of hydrogen-bond acceptors (Lipinski definition) is 4. The van der Waals surface area contributed by atoms with Gasteiger partial charge < -0.3 is 10.2 Å². The zero-order chi connectivity index (χ0) is 23.2. The van der Waals surface area contributed by atoms with Gasteiger partial charge in [0.15, 0.2) is 0 Å². The van der Waals surface area contributed by atoms with Crippen LogP contribution < -0.4 is 9.62 Å². The molecule has 0 aliphatic carbocycles. The topological polar surface area (TPSA) is 86.8 Å². The molecule has 0 aliphatic rings. The minimum Gasteiger partial charge on any atom is -0.355 e. The molecule has 0 saturated heterocycles. The van der Waals surface area contributed by atoms with E-state index >= 15 is 0 Å². The van der Waals surface area contributed by atoms with Crippen molar-refractivity contribution in [3.05, 3.63) is 62.1 Å². The summed E-state index contributed by atoms with van der Waals surface area (Å²) in [5.74, 6) is -0.765. The van der Waals surface area contributed by atoms with Gasteiger partial charge in [0.05, 0.1) is 11.9 Å². The van der Waals surface area contributed by atoms with Crippen molar-refractivity contribution in [2.24, 2.45) is 0 Å². The van der Waals surface area contributed by atoms with Gasteiger partial charge in [-0.15, -0.1) is 0 Å². The predicted molar refractivity (Wildman–Crippen MR) is 134 cm³/mol. The molecule has 0 aromatic heterocycles. The zero-order valence-electron chi connectivity index (χ0n) is 17.5. The average molecular weight is 622 g/mol. The molecule has 10 heteroatoms. The molecule has 0 heterocycles. The number of anilines is 1. The lowest BCUT2D eigenvalue weighted by molar-refractivity contribution is -0.139. The largest absolute Gasteiger partial charge is 0.355 e. The molecule has 2 amide bonds. The third-order valence-corrected chi connectivity index (χ3v) is 6.97. The van der Waals surface area contributed by atoms with Crippen LogP contribution in [0, 0.1) is 3.57 Å². The van der Waals surface area contributed by atoms with Gasteiger partial charge in [-0.05, 0) is 78.4 Å². The molecule has 0 aliphatic heterocycles. The number of carbonyl (C=O) groups is 2. The molecular weight excluding hydrogens is 597 g/mol. The normalized spacial score (nSPS) is 12.2. The van der Waals surface area contributed by atoms with Gasteiger partial charge in [0.2, 0.25) is 21.8 Å². The maximum Gasteiger partial charge on any atom is 0.244 e. The summed E-state index contributed by atoms with van der Waals surface area (Å²) in [6.07, 6.45) is 1.06. The summed E-state index contributed by atoms with van der Waals surface area (Å²) in [5, 5.41) is 2.72. The van der Waals surface area contributed by atoms with Crippen molar-refractivity contribution in [1.82, 2.24) is 10.2 Å². The fraction of sp³-hybridized carbons (Fsp3) is 0.333. The van der Waals surface area contributed by atoms with E-state index in [1.807, 2.05) is 24.3 Å². The number of hydrogen-bond donors (Lipinski definition) is 1. The van der Waals surface area contributed by atoms with E-state index in [9.17, 15) is 18.0 Å². The molecular formula is C21H25BrIN3O4S. The molecule has 1 atom stereocenters. The van der Waals surface area contributed by atoms with E-state index in [4.69, 9.17) is 0 Å². The van der Waals surface area contributed by atoms with Crippen LogP contribution in [0.15, 0.2) is 53.0 Å². The van der Waals surface area contributed by atoms with Crippen LogP contribution in [0.3, 0.4) is 0 Å². The van der Waals surface area contributed by atoms with Crippen molar-refractivity contribution in [2.75, 3.05) is 23.7 Å².